The molecule has 0 aromatic carbocycles. The van der Waals surface area contributed by atoms with Gasteiger partial charge in [-0.15, -0.1) is 0 Å². The standard InChI is InChI=1S/C15H25N5/c1-10-12(3)20(9-16-10)14-13(8-17-15(4,5)6)11(2)18-19(14)7/h9,17H,8H2,1-7H3. The van der Waals surface area contributed by atoms with Gasteiger partial charge in [0.1, 0.15) is 12.1 Å². The van der Waals surface area contributed by atoms with Crippen molar-refractivity contribution < 1.29 is 0 Å². The van der Waals surface area contributed by atoms with Crippen molar-refractivity contribution in [3.8, 4) is 5.82 Å². The highest BCUT2D eigenvalue weighted by atomic mass is 15.3. The Balaban J connectivity index is 2.45. The molecule has 0 amide bonds. The van der Waals surface area contributed by atoms with E-state index in [0.717, 1.165) is 29.4 Å². The van der Waals surface area contributed by atoms with Crippen LogP contribution in [0.15, 0.2) is 6.33 Å². The molecule has 2 heterocycles. The molecule has 0 aliphatic carbocycles. The molecule has 0 radical (unpaired) electrons. The Hall–Kier alpha value is -1.62. The first-order chi connectivity index (χ1) is 9.20. The van der Waals surface area contributed by atoms with Crippen LogP contribution in [0, 0.1) is 20.8 Å². The summed E-state index contributed by atoms with van der Waals surface area (Å²) < 4.78 is 4.05. The van der Waals surface area contributed by atoms with E-state index in [1.807, 2.05) is 25.0 Å². The Morgan fingerprint density at radius 3 is 2.30 bits per heavy atom. The first-order valence-corrected chi connectivity index (χ1v) is 6.99. The highest BCUT2D eigenvalue weighted by molar-refractivity contribution is 5.40. The van der Waals surface area contributed by atoms with Crippen LogP contribution >= 0.6 is 0 Å². The number of nitrogens with zero attached hydrogens (tertiary/aromatic N) is 4. The van der Waals surface area contributed by atoms with Gasteiger partial charge in [0.25, 0.3) is 0 Å². The molecule has 110 valence electrons. The molecule has 0 bridgehead atoms. The van der Waals surface area contributed by atoms with E-state index < -0.39 is 0 Å². The van der Waals surface area contributed by atoms with Gasteiger partial charge >= 0.3 is 0 Å². The first-order valence-electron chi connectivity index (χ1n) is 6.99. The summed E-state index contributed by atoms with van der Waals surface area (Å²) in [4.78, 5) is 4.39. The second-order valence-corrected chi connectivity index (χ2v) is 6.40. The van der Waals surface area contributed by atoms with E-state index >= 15 is 0 Å². The molecule has 1 N–H and O–H groups in total. The van der Waals surface area contributed by atoms with Crippen LogP contribution in [0.1, 0.15) is 43.4 Å². The molecular formula is C15H25N5. The molecule has 0 spiro atoms. The van der Waals surface area contributed by atoms with E-state index in [0.29, 0.717) is 0 Å². The van der Waals surface area contributed by atoms with Crippen LogP contribution in [0.3, 0.4) is 0 Å². The van der Waals surface area contributed by atoms with Crippen LogP contribution in [-0.4, -0.2) is 24.9 Å². The fourth-order valence-electron chi connectivity index (χ4n) is 2.26. The maximum Gasteiger partial charge on any atom is 0.140 e. The first kappa shape index (κ1) is 14.8. The van der Waals surface area contributed by atoms with Crippen LogP contribution < -0.4 is 5.32 Å². The molecule has 20 heavy (non-hydrogen) atoms. The molecule has 0 aliphatic rings. The molecule has 0 atom stereocenters. The zero-order valence-corrected chi connectivity index (χ0v) is 13.6. The molecule has 0 saturated heterocycles. The van der Waals surface area contributed by atoms with Gasteiger partial charge in [0, 0.05) is 30.4 Å². The monoisotopic (exact) mass is 275 g/mol. The van der Waals surface area contributed by atoms with Gasteiger partial charge in [-0.25, -0.2) is 4.98 Å². The van der Waals surface area contributed by atoms with Crippen molar-refractivity contribution in [1.82, 2.24) is 24.6 Å². The van der Waals surface area contributed by atoms with E-state index in [4.69, 9.17) is 0 Å². The van der Waals surface area contributed by atoms with Gasteiger partial charge in [-0.05, 0) is 41.5 Å². The number of aromatic nitrogens is 4. The summed E-state index contributed by atoms with van der Waals surface area (Å²) in [6, 6.07) is 0. The lowest BCUT2D eigenvalue weighted by atomic mass is 10.1. The lowest BCUT2D eigenvalue weighted by Crippen LogP contribution is -2.35. The minimum atomic E-state index is 0.0828. The van der Waals surface area contributed by atoms with Crippen molar-refractivity contribution in [3.63, 3.8) is 0 Å². The van der Waals surface area contributed by atoms with Crippen molar-refractivity contribution >= 4 is 0 Å². The molecule has 2 aromatic heterocycles. The number of rotatable bonds is 3. The van der Waals surface area contributed by atoms with Crippen LogP contribution in [0.4, 0.5) is 0 Å². The van der Waals surface area contributed by atoms with E-state index in [1.165, 1.54) is 5.56 Å². The van der Waals surface area contributed by atoms with E-state index in [-0.39, 0.29) is 5.54 Å². The number of hydrogen-bond acceptors (Lipinski definition) is 3. The number of imidazole rings is 1. The summed E-state index contributed by atoms with van der Waals surface area (Å²) >= 11 is 0. The van der Waals surface area contributed by atoms with Crippen molar-refractivity contribution in [2.45, 2.75) is 53.6 Å². The van der Waals surface area contributed by atoms with Crippen molar-refractivity contribution in [2.75, 3.05) is 0 Å². The van der Waals surface area contributed by atoms with Gasteiger partial charge in [0.2, 0.25) is 0 Å². The second kappa shape index (κ2) is 5.05. The smallest absolute Gasteiger partial charge is 0.140 e. The quantitative estimate of drug-likeness (QED) is 0.936. The fourth-order valence-corrected chi connectivity index (χ4v) is 2.26. The van der Waals surface area contributed by atoms with Crippen molar-refractivity contribution in [2.24, 2.45) is 7.05 Å². The fraction of sp³-hybridized carbons (Fsp3) is 0.600. The minimum Gasteiger partial charge on any atom is -0.308 e. The Morgan fingerprint density at radius 2 is 1.80 bits per heavy atom. The van der Waals surface area contributed by atoms with Gasteiger partial charge in [-0.1, -0.05) is 0 Å². The SMILES string of the molecule is Cc1nn(C)c(-n2cnc(C)c2C)c1CNC(C)(C)C. The molecule has 0 unspecified atom stereocenters. The number of hydrogen-bond donors (Lipinski definition) is 1. The Bertz CT molecular complexity index is 613. The van der Waals surface area contributed by atoms with Crippen LogP contribution in [-0.2, 0) is 13.6 Å². The summed E-state index contributed by atoms with van der Waals surface area (Å²) in [6.45, 7) is 13.5. The molecule has 0 saturated carbocycles. The minimum absolute atomic E-state index is 0.0828. The lowest BCUT2D eigenvalue weighted by molar-refractivity contribution is 0.423. The molecule has 5 nitrogen and oxygen atoms in total. The largest absolute Gasteiger partial charge is 0.308 e. The van der Waals surface area contributed by atoms with Gasteiger partial charge in [-0.3, -0.25) is 9.25 Å². The highest BCUT2D eigenvalue weighted by Gasteiger charge is 2.19. The van der Waals surface area contributed by atoms with Crippen LogP contribution in [0.5, 0.6) is 0 Å². The average Bonchev–Trinajstić information content (AvgIpc) is 2.77. The van der Waals surface area contributed by atoms with Gasteiger partial charge < -0.3 is 5.32 Å². The molecule has 2 rings (SSSR count). The van der Waals surface area contributed by atoms with Gasteiger partial charge in [-0.2, -0.15) is 5.10 Å². The summed E-state index contributed by atoms with van der Waals surface area (Å²) in [5, 5.41) is 8.11. The Kier molecular flexibility index (Phi) is 3.73. The van der Waals surface area contributed by atoms with E-state index in [9.17, 15) is 0 Å². The van der Waals surface area contributed by atoms with Crippen LogP contribution in [0.2, 0.25) is 0 Å². The third-order valence-electron chi connectivity index (χ3n) is 3.59. The third kappa shape index (κ3) is 2.77. The molecular weight excluding hydrogens is 250 g/mol. The molecule has 0 aliphatic heterocycles. The van der Waals surface area contributed by atoms with Gasteiger partial charge in [0.05, 0.1) is 11.4 Å². The van der Waals surface area contributed by atoms with Crippen LogP contribution in [0.25, 0.3) is 5.82 Å². The predicted octanol–water partition coefficient (Wildman–Crippen LogP) is 2.42. The zero-order valence-electron chi connectivity index (χ0n) is 13.6. The third-order valence-corrected chi connectivity index (χ3v) is 3.59. The maximum absolute atomic E-state index is 4.57. The summed E-state index contributed by atoms with van der Waals surface area (Å²) in [6.07, 6.45) is 1.88. The average molecular weight is 275 g/mol. The molecule has 5 heteroatoms. The Morgan fingerprint density at radius 1 is 1.15 bits per heavy atom. The lowest BCUT2D eigenvalue weighted by Gasteiger charge is -2.21. The summed E-state index contributed by atoms with van der Waals surface area (Å²) in [5.74, 6) is 1.09. The number of aryl methyl sites for hydroxylation is 3. The highest BCUT2D eigenvalue weighted by Crippen LogP contribution is 2.21. The van der Waals surface area contributed by atoms with E-state index in [2.05, 4.69) is 54.6 Å². The normalized spacial score (nSPS) is 12.2. The van der Waals surface area contributed by atoms with E-state index in [1.54, 1.807) is 0 Å². The van der Waals surface area contributed by atoms with Crippen molar-refractivity contribution in [1.29, 1.82) is 0 Å². The summed E-state index contributed by atoms with van der Waals surface area (Å²) in [5.41, 5.74) is 4.58. The second-order valence-electron chi connectivity index (χ2n) is 6.40. The van der Waals surface area contributed by atoms with Crippen molar-refractivity contribution in [3.05, 3.63) is 29.0 Å². The number of nitrogens with one attached hydrogen (secondary N) is 1. The Labute approximate surface area is 121 Å². The topological polar surface area (TPSA) is 47.7 Å². The van der Waals surface area contributed by atoms with Gasteiger partial charge in [0.15, 0.2) is 0 Å². The predicted molar refractivity (Wildman–Crippen MR) is 81.1 cm³/mol. The summed E-state index contributed by atoms with van der Waals surface area (Å²) in [7, 11) is 1.98. The molecule has 0 fully saturated rings. The zero-order chi connectivity index (χ0) is 15.1. The molecule has 2 aromatic rings. The maximum atomic E-state index is 4.57.